The number of hydrogen-bond acceptors (Lipinski definition) is 8. The van der Waals surface area contributed by atoms with E-state index in [1.165, 1.54) is 17.1 Å². The molecular weight excluding hydrogens is 442 g/mol. The number of aromatic hydroxyl groups is 1. The van der Waals surface area contributed by atoms with E-state index in [1.54, 1.807) is 25.2 Å². The molecule has 0 aliphatic carbocycles. The van der Waals surface area contributed by atoms with E-state index in [2.05, 4.69) is 19.7 Å². The summed E-state index contributed by atoms with van der Waals surface area (Å²) < 4.78 is 30.0. The molecule has 11 heteroatoms. The Bertz CT molecular complexity index is 1410. The zero-order valence-electron chi connectivity index (χ0n) is 18.0. The molecule has 2 N–H and O–H groups in total. The number of phenols is 1. The van der Waals surface area contributed by atoms with Gasteiger partial charge in [0.2, 0.25) is 0 Å². The molecule has 1 aliphatic rings. The second kappa shape index (κ2) is 8.24. The number of phenolic OH excluding ortho intramolecular Hbond substituents is 1. The van der Waals surface area contributed by atoms with Crippen LogP contribution in [0.4, 0.5) is 17.3 Å². The molecule has 0 atom stereocenters. The van der Waals surface area contributed by atoms with Crippen molar-refractivity contribution in [1.29, 1.82) is 0 Å². The van der Waals surface area contributed by atoms with Gasteiger partial charge in [-0.15, -0.1) is 0 Å². The van der Waals surface area contributed by atoms with Gasteiger partial charge in [-0.25, -0.2) is 18.4 Å². The maximum absolute atomic E-state index is 13.0. The van der Waals surface area contributed by atoms with Crippen LogP contribution in [0.15, 0.2) is 65.8 Å². The van der Waals surface area contributed by atoms with Gasteiger partial charge in [-0.05, 0) is 24.3 Å². The fourth-order valence-corrected chi connectivity index (χ4v) is 4.88. The Morgan fingerprint density at radius 3 is 2.21 bits per heavy atom. The van der Waals surface area contributed by atoms with Gasteiger partial charge >= 0.3 is 0 Å². The highest BCUT2D eigenvalue weighted by Crippen LogP contribution is 2.31. The molecular formula is C22H23N7O3S. The molecule has 0 saturated carbocycles. The number of anilines is 3. The minimum Gasteiger partial charge on any atom is -0.506 e. The Morgan fingerprint density at radius 1 is 0.909 bits per heavy atom. The average Bonchev–Trinajstić information content (AvgIpc) is 3.26. The lowest BCUT2D eigenvalue weighted by Crippen LogP contribution is -2.47. The number of benzene rings is 2. The summed E-state index contributed by atoms with van der Waals surface area (Å²) in [5, 5.41) is 14.1. The van der Waals surface area contributed by atoms with E-state index in [4.69, 9.17) is 4.98 Å². The van der Waals surface area contributed by atoms with Gasteiger partial charge < -0.3 is 14.9 Å². The highest BCUT2D eigenvalue weighted by atomic mass is 32.2. The molecule has 0 radical (unpaired) electrons. The van der Waals surface area contributed by atoms with Gasteiger partial charge in [-0.2, -0.15) is 5.10 Å². The molecule has 0 amide bonds. The molecule has 0 bridgehead atoms. The van der Waals surface area contributed by atoms with Crippen molar-refractivity contribution in [3.63, 3.8) is 0 Å². The van der Waals surface area contributed by atoms with Crippen LogP contribution in [0.1, 0.15) is 0 Å². The summed E-state index contributed by atoms with van der Waals surface area (Å²) in [5.41, 5.74) is 2.05. The summed E-state index contributed by atoms with van der Waals surface area (Å²) >= 11 is 0. The number of rotatable bonds is 5. The first kappa shape index (κ1) is 21.0. The highest BCUT2D eigenvalue weighted by Gasteiger charge is 2.26. The van der Waals surface area contributed by atoms with Gasteiger partial charge in [-0.3, -0.25) is 9.40 Å². The molecule has 170 valence electrons. The summed E-state index contributed by atoms with van der Waals surface area (Å²) in [4.78, 5) is 13.5. The number of piperazine rings is 1. The van der Waals surface area contributed by atoms with E-state index in [-0.39, 0.29) is 16.5 Å². The molecule has 4 aromatic rings. The lowest BCUT2D eigenvalue weighted by Gasteiger charge is -2.37. The van der Waals surface area contributed by atoms with Crippen molar-refractivity contribution >= 4 is 38.4 Å². The monoisotopic (exact) mass is 465 g/mol. The fraction of sp³-hybridized carbons (Fsp3) is 0.227. The summed E-state index contributed by atoms with van der Waals surface area (Å²) in [7, 11) is -2.23. The molecule has 10 nitrogen and oxygen atoms in total. The Balaban J connectivity index is 1.47. The summed E-state index contributed by atoms with van der Waals surface area (Å²) in [6, 6.07) is 14.6. The number of aryl methyl sites for hydroxylation is 1. The number of fused-ring (bicyclic) bond motifs is 1. The van der Waals surface area contributed by atoms with Crippen molar-refractivity contribution in [2.75, 3.05) is 40.7 Å². The Kier molecular flexibility index (Phi) is 5.25. The van der Waals surface area contributed by atoms with Crippen molar-refractivity contribution in [2.24, 2.45) is 7.05 Å². The van der Waals surface area contributed by atoms with Crippen molar-refractivity contribution < 1.29 is 13.5 Å². The topological polar surface area (TPSA) is 116 Å². The van der Waals surface area contributed by atoms with Crippen LogP contribution in [0, 0.1) is 0 Å². The summed E-state index contributed by atoms with van der Waals surface area (Å²) in [5.74, 6) is 0.882. The molecule has 0 unspecified atom stereocenters. The van der Waals surface area contributed by atoms with E-state index in [0.29, 0.717) is 43.0 Å². The SMILES string of the molecule is Cn1cc(S(=O)(=O)Nc2nc3ccccc3nc2N2CCN(c3ccccc3O)CC2)cn1. The zero-order chi connectivity index (χ0) is 23.0. The number of hydrogen-bond donors (Lipinski definition) is 2. The van der Waals surface area contributed by atoms with Crippen LogP contribution in [-0.2, 0) is 17.1 Å². The normalized spacial score (nSPS) is 14.6. The average molecular weight is 466 g/mol. The minimum atomic E-state index is -3.89. The number of sulfonamides is 1. The molecule has 3 heterocycles. The van der Waals surface area contributed by atoms with E-state index in [0.717, 1.165) is 5.69 Å². The van der Waals surface area contributed by atoms with E-state index < -0.39 is 10.0 Å². The second-order valence-corrected chi connectivity index (χ2v) is 9.48. The van der Waals surface area contributed by atoms with Crippen molar-refractivity contribution in [3.8, 4) is 5.75 Å². The molecule has 1 saturated heterocycles. The van der Waals surface area contributed by atoms with Crippen LogP contribution in [0.5, 0.6) is 5.75 Å². The fourth-order valence-electron chi connectivity index (χ4n) is 3.89. The Hall–Kier alpha value is -3.86. The van der Waals surface area contributed by atoms with Gasteiger partial charge in [0, 0.05) is 39.4 Å². The predicted molar refractivity (Wildman–Crippen MR) is 126 cm³/mol. The van der Waals surface area contributed by atoms with Gasteiger partial charge in [0.25, 0.3) is 10.0 Å². The quantitative estimate of drug-likeness (QED) is 0.461. The summed E-state index contributed by atoms with van der Waals surface area (Å²) in [6.45, 7) is 2.45. The standard InChI is InChI=1S/C22H23N7O3S/c1-27-15-16(14-23-27)33(31,32)26-21-22(25-18-7-3-2-6-17(18)24-21)29-12-10-28(11-13-29)19-8-4-5-9-20(19)30/h2-9,14-15,30H,10-13H2,1H3,(H,24,26). The first-order valence-electron chi connectivity index (χ1n) is 10.5. The molecule has 2 aromatic heterocycles. The third-order valence-corrected chi connectivity index (χ3v) is 6.87. The van der Waals surface area contributed by atoms with Crippen LogP contribution in [0.25, 0.3) is 11.0 Å². The molecule has 1 fully saturated rings. The number of nitrogens with one attached hydrogen (secondary N) is 1. The maximum Gasteiger partial charge on any atom is 0.266 e. The lowest BCUT2D eigenvalue weighted by atomic mass is 10.2. The van der Waals surface area contributed by atoms with E-state index in [9.17, 15) is 13.5 Å². The van der Waals surface area contributed by atoms with Crippen molar-refractivity contribution in [3.05, 3.63) is 60.9 Å². The van der Waals surface area contributed by atoms with Crippen molar-refractivity contribution in [1.82, 2.24) is 19.7 Å². The number of para-hydroxylation sites is 4. The Labute approximate surface area is 191 Å². The predicted octanol–water partition coefficient (Wildman–Crippen LogP) is 2.20. The molecule has 0 spiro atoms. The summed E-state index contributed by atoms with van der Waals surface area (Å²) in [6.07, 6.45) is 2.73. The van der Waals surface area contributed by atoms with Crippen LogP contribution in [0.2, 0.25) is 0 Å². The van der Waals surface area contributed by atoms with Gasteiger partial charge in [0.05, 0.1) is 22.9 Å². The van der Waals surface area contributed by atoms with Crippen LogP contribution in [0.3, 0.4) is 0 Å². The molecule has 1 aliphatic heterocycles. The van der Waals surface area contributed by atoms with Gasteiger partial charge in [-0.1, -0.05) is 24.3 Å². The Morgan fingerprint density at radius 2 is 1.55 bits per heavy atom. The third kappa shape index (κ3) is 4.14. The van der Waals surface area contributed by atoms with Crippen LogP contribution >= 0.6 is 0 Å². The minimum absolute atomic E-state index is 0.0512. The van der Waals surface area contributed by atoms with Gasteiger partial charge in [0.15, 0.2) is 11.6 Å². The number of aromatic nitrogens is 4. The second-order valence-electron chi connectivity index (χ2n) is 7.80. The molecule has 5 rings (SSSR count). The van der Waals surface area contributed by atoms with Crippen LogP contribution in [-0.4, -0.2) is 59.5 Å². The van der Waals surface area contributed by atoms with Crippen LogP contribution < -0.4 is 14.5 Å². The third-order valence-electron chi connectivity index (χ3n) is 5.58. The maximum atomic E-state index is 13.0. The van der Waals surface area contributed by atoms with Gasteiger partial charge in [0.1, 0.15) is 10.6 Å². The first-order chi connectivity index (χ1) is 15.9. The van der Waals surface area contributed by atoms with E-state index >= 15 is 0 Å². The molecule has 33 heavy (non-hydrogen) atoms. The largest absolute Gasteiger partial charge is 0.506 e. The molecule has 2 aromatic carbocycles. The number of nitrogens with zero attached hydrogens (tertiary/aromatic N) is 6. The zero-order valence-corrected chi connectivity index (χ0v) is 18.8. The smallest absolute Gasteiger partial charge is 0.266 e. The van der Waals surface area contributed by atoms with Crippen molar-refractivity contribution in [2.45, 2.75) is 4.90 Å². The van der Waals surface area contributed by atoms with E-state index in [1.807, 2.05) is 35.2 Å². The first-order valence-corrected chi connectivity index (χ1v) is 12.0. The highest BCUT2D eigenvalue weighted by molar-refractivity contribution is 7.92. The lowest BCUT2D eigenvalue weighted by molar-refractivity contribution is 0.472.